The number of anilines is 1. The van der Waals surface area contributed by atoms with Gasteiger partial charge in [0.15, 0.2) is 0 Å². The van der Waals surface area contributed by atoms with Crippen LogP contribution < -0.4 is 20.3 Å². The van der Waals surface area contributed by atoms with Crippen LogP contribution in [0.5, 0.6) is 5.75 Å². The van der Waals surface area contributed by atoms with E-state index >= 15 is 0 Å². The van der Waals surface area contributed by atoms with Gasteiger partial charge < -0.3 is 34.9 Å². The Morgan fingerprint density at radius 3 is 2.73 bits per heavy atom. The Morgan fingerprint density at radius 2 is 2.03 bits per heavy atom. The predicted octanol–water partition coefficient (Wildman–Crippen LogP) is 3.50. The van der Waals surface area contributed by atoms with E-state index in [-0.39, 0.29) is 17.9 Å². The summed E-state index contributed by atoms with van der Waals surface area (Å²) >= 11 is 0. The molecule has 37 heavy (non-hydrogen) atoms. The van der Waals surface area contributed by atoms with Crippen molar-refractivity contribution in [1.29, 1.82) is 0 Å². The molecule has 1 aromatic rings. The summed E-state index contributed by atoms with van der Waals surface area (Å²) in [5.74, 6) is 1.71. The normalized spacial score (nSPS) is 20.3. The fourth-order valence-electron chi connectivity index (χ4n) is 5.28. The van der Waals surface area contributed by atoms with Crippen molar-refractivity contribution >= 4 is 11.6 Å². The molecule has 3 heterocycles. The topological polar surface area (TPSA) is 92.3 Å². The summed E-state index contributed by atoms with van der Waals surface area (Å²) in [5, 5.41) is 15.9. The first-order valence-electron chi connectivity index (χ1n) is 14.1. The average Bonchev–Trinajstić information content (AvgIpc) is 2.93. The van der Waals surface area contributed by atoms with Crippen molar-refractivity contribution < 1.29 is 24.1 Å². The summed E-state index contributed by atoms with van der Waals surface area (Å²) in [6.45, 7) is 11.2. The van der Waals surface area contributed by atoms with Crippen molar-refractivity contribution in [2.75, 3.05) is 64.6 Å². The molecular formula is C29H49N3O5. The number of methoxy groups -OCH3 is 1. The molecule has 2 fully saturated rings. The van der Waals surface area contributed by atoms with E-state index in [0.29, 0.717) is 12.0 Å². The number of aliphatic hydroxyl groups excluding tert-OH is 1. The fourth-order valence-corrected chi connectivity index (χ4v) is 5.28. The van der Waals surface area contributed by atoms with Gasteiger partial charge >= 0.3 is 0 Å². The van der Waals surface area contributed by atoms with Crippen LogP contribution in [0.3, 0.4) is 0 Å². The quantitative estimate of drug-likeness (QED) is 0.408. The van der Waals surface area contributed by atoms with Crippen LogP contribution in [0.15, 0.2) is 18.2 Å². The van der Waals surface area contributed by atoms with Crippen LogP contribution in [-0.4, -0.2) is 76.8 Å². The highest BCUT2D eigenvalue weighted by Crippen LogP contribution is 2.32. The first kappa shape index (κ1) is 29.7. The van der Waals surface area contributed by atoms with E-state index in [1.165, 1.54) is 19.3 Å². The van der Waals surface area contributed by atoms with Gasteiger partial charge in [0, 0.05) is 51.5 Å². The zero-order valence-electron chi connectivity index (χ0n) is 23.2. The maximum atomic E-state index is 12.4. The third kappa shape index (κ3) is 9.74. The summed E-state index contributed by atoms with van der Waals surface area (Å²) in [7, 11) is 1.72. The monoisotopic (exact) mass is 519 g/mol. The van der Waals surface area contributed by atoms with E-state index in [1.54, 1.807) is 7.11 Å². The van der Waals surface area contributed by atoms with Crippen LogP contribution in [0.25, 0.3) is 0 Å². The number of hydrogen-bond acceptors (Lipinski definition) is 7. The van der Waals surface area contributed by atoms with Gasteiger partial charge in [-0.05, 0) is 68.7 Å². The summed E-state index contributed by atoms with van der Waals surface area (Å²) in [6, 6.07) is 6.34. The third-order valence-corrected chi connectivity index (χ3v) is 7.62. The number of piperidine rings is 1. The van der Waals surface area contributed by atoms with Gasteiger partial charge in [-0.3, -0.25) is 4.79 Å². The van der Waals surface area contributed by atoms with Crippen LogP contribution in [0.4, 0.5) is 5.69 Å². The van der Waals surface area contributed by atoms with Crippen LogP contribution in [0.1, 0.15) is 64.4 Å². The zero-order chi connectivity index (χ0) is 26.5. The van der Waals surface area contributed by atoms with Gasteiger partial charge in [-0.15, -0.1) is 0 Å². The molecule has 0 bridgehead atoms. The maximum absolute atomic E-state index is 12.4. The Hall–Kier alpha value is -1.87. The second kappa shape index (κ2) is 15.5. The number of aliphatic hydroxyl groups is 1. The standard InChI is InChI=1S/C16H30N2O2.C13H19NO3/c1-16(2,11-14-5-3-4-8-17-14)15(19)18-12-13-6-9-20-10-7-13;1-16-7-2-5-14-6-8-17-13-4-3-11(10-15)9-12(13)14/h13-14,17H,3-12H2,1-2H3,(H,18,19);3-4,9,15H,2,5-8,10H2,1H3/t14-;/m0./s1. The van der Waals surface area contributed by atoms with Crippen LogP contribution in [0.2, 0.25) is 0 Å². The smallest absolute Gasteiger partial charge is 0.225 e. The minimum Gasteiger partial charge on any atom is -0.490 e. The molecule has 3 aliphatic heterocycles. The number of fused-ring (bicyclic) bond motifs is 1. The van der Waals surface area contributed by atoms with Gasteiger partial charge in [-0.25, -0.2) is 0 Å². The molecule has 0 unspecified atom stereocenters. The van der Waals surface area contributed by atoms with Gasteiger partial charge in [-0.1, -0.05) is 26.3 Å². The molecule has 3 aliphatic rings. The summed E-state index contributed by atoms with van der Waals surface area (Å²) in [6.07, 6.45) is 7.85. The lowest BCUT2D eigenvalue weighted by Gasteiger charge is -2.32. The summed E-state index contributed by atoms with van der Waals surface area (Å²) < 4.78 is 16.0. The van der Waals surface area contributed by atoms with Crippen molar-refractivity contribution in [2.45, 2.75) is 71.4 Å². The maximum Gasteiger partial charge on any atom is 0.225 e. The SMILES string of the molecule is CC(C)(C[C@@H]1CCCCN1)C(=O)NCC1CCOCC1.COCCCN1CCOc2ccc(CO)cc21. The van der Waals surface area contributed by atoms with E-state index in [0.717, 1.165) is 95.3 Å². The van der Waals surface area contributed by atoms with Crippen molar-refractivity contribution in [2.24, 2.45) is 11.3 Å². The van der Waals surface area contributed by atoms with Crippen molar-refractivity contribution in [3.63, 3.8) is 0 Å². The minimum absolute atomic E-state index is 0.0686. The molecule has 0 spiro atoms. The predicted molar refractivity (Wildman–Crippen MR) is 147 cm³/mol. The Labute approximate surface area is 223 Å². The van der Waals surface area contributed by atoms with Gasteiger partial charge in [0.1, 0.15) is 12.4 Å². The fraction of sp³-hybridized carbons (Fsp3) is 0.759. The lowest BCUT2D eigenvalue weighted by atomic mass is 9.82. The van der Waals surface area contributed by atoms with Crippen LogP contribution in [0, 0.1) is 11.3 Å². The second-order valence-corrected chi connectivity index (χ2v) is 11.1. The molecule has 8 heteroatoms. The molecule has 3 N–H and O–H groups in total. The molecule has 0 aliphatic carbocycles. The summed E-state index contributed by atoms with van der Waals surface area (Å²) in [4.78, 5) is 14.7. The highest BCUT2D eigenvalue weighted by Gasteiger charge is 2.31. The molecule has 8 nitrogen and oxygen atoms in total. The minimum atomic E-state index is -0.278. The first-order chi connectivity index (χ1) is 17.9. The van der Waals surface area contributed by atoms with E-state index in [4.69, 9.17) is 19.3 Å². The number of carbonyl (C=O) groups excluding carboxylic acids is 1. The van der Waals surface area contributed by atoms with E-state index in [2.05, 4.69) is 29.4 Å². The lowest BCUT2D eigenvalue weighted by molar-refractivity contribution is -0.130. The van der Waals surface area contributed by atoms with E-state index in [9.17, 15) is 4.79 Å². The molecule has 1 atom stereocenters. The van der Waals surface area contributed by atoms with Crippen LogP contribution >= 0.6 is 0 Å². The number of rotatable bonds is 10. The molecule has 0 aromatic heterocycles. The highest BCUT2D eigenvalue weighted by atomic mass is 16.5. The van der Waals surface area contributed by atoms with Crippen molar-refractivity contribution in [3.8, 4) is 5.75 Å². The van der Waals surface area contributed by atoms with E-state index < -0.39 is 0 Å². The van der Waals surface area contributed by atoms with Gasteiger partial charge in [-0.2, -0.15) is 0 Å². The number of benzene rings is 1. The number of carbonyl (C=O) groups is 1. The molecule has 4 rings (SSSR count). The van der Waals surface area contributed by atoms with E-state index in [1.807, 2.05) is 18.2 Å². The van der Waals surface area contributed by atoms with Crippen molar-refractivity contribution in [1.82, 2.24) is 10.6 Å². The third-order valence-electron chi connectivity index (χ3n) is 7.62. The second-order valence-electron chi connectivity index (χ2n) is 11.1. The Bertz CT molecular complexity index is 807. The lowest BCUT2D eigenvalue weighted by Crippen LogP contribution is -2.45. The summed E-state index contributed by atoms with van der Waals surface area (Å²) in [5.41, 5.74) is 1.73. The van der Waals surface area contributed by atoms with Gasteiger partial charge in [0.2, 0.25) is 5.91 Å². The Balaban J connectivity index is 0.000000208. The molecule has 0 radical (unpaired) electrons. The molecule has 210 valence electrons. The number of hydrogen-bond donors (Lipinski definition) is 3. The largest absolute Gasteiger partial charge is 0.490 e. The molecule has 0 saturated carbocycles. The molecule has 2 saturated heterocycles. The molecular weight excluding hydrogens is 470 g/mol. The average molecular weight is 520 g/mol. The van der Waals surface area contributed by atoms with Gasteiger partial charge in [0.05, 0.1) is 18.8 Å². The Kier molecular flexibility index (Phi) is 12.5. The van der Waals surface area contributed by atoms with Gasteiger partial charge in [0.25, 0.3) is 0 Å². The number of amides is 1. The number of nitrogens with one attached hydrogen (secondary N) is 2. The zero-order valence-corrected chi connectivity index (χ0v) is 23.2. The molecule has 1 aromatic carbocycles. The van der Waals surface area contributed by atoms with Crippen LogP contribution in [-0.2, 0) is 20.9 Å². The number of nitrogens with zero attached hydrogens (tertiary/aromatic N) is 1. The first-order valence-corrected chi connectivity index (χ1v) is 14.1. The number of ether oxygens (including phenoxy) is 3. The van der Waals surface area contributed by atoms with Crippen molar-refractivity contribution in [3.05, 3.63) is 23.8 Å². The Morgan fingerprint density at radius 1 is 1.22 bits per heavy atom. The highest BCUT2D eigenvalue weighted by molar-refractivity contribution is 5.81. The molecule has 1 amide bonds.